The average Bonchev–Trinajstić information content (AvgIpc) is 3.00. The van der Waals surface area contributed by atoms with E-state index in [1.54, 1.807) is 55.6 Å². The lowest BCUT2D eigenvalue weighted by Gasteiger charge is -2.07. The van der Waals surface area contributed by atoms with Crippen molar-refractivity contribution in [2.45, 2.75) is 20.5 Å². The van der Waals surface area contributed by atoms with Crippen molar-refractivity contribution < 1.29 is 13.9 Å². The van der Waals surface area contributed by atoms with E-state index in [2.05, 4.69) is 15.5 Å². The summed E-state index contributed by atoms with van der Waals surface area (Å²) in [5.74, 6) is 0.0535. The molecule has 1 amide bonds. The quantitative estimate of drug-likeness (QED) is 0.511. The molecular formula is C20H18FN3O2S. The minimum absolute atomic E-state index is 0.157. The van der Waals surface area contributed by atoms with Crippen LogP contribution >= 0.6 is 11.3 Å². The summed E-state index contributed by atoms with van der Waals surface area (Å²) < 4.78 is 19.2. The van der Waals surface area contributed by atoms with Crippen LogP contribution in [-0.4, -0.2) is 17.1 Å². The maximum absolute atomic E-state index is 13.6. The van der Waals surface area contributed by atoms with Crippen LogP contribution in [0.25, 0.3) is 0 Å². The zero-order valence-corrected chi connectivity index (χ0v) is 15.7. The molecule has 0 saturated carbocycles. The Kier molecular flexibility index (Phi) is 5.93. The number of benzene rings is 2. The predicted molar refractivity (Wildman–Crippen MR) is 104 cm³/mol. The van der Waals surface area contributed by atoms with Gasteiger partial charge in [0.25, 0.3) is 5.91 Å². The van der Waals surface area contributed by atoms with Crippen molar-refractivity contribution >= 4 is 23.5 Å². The molecule has 0 atom stereocenters. The van der Waals surface area contributed by atoms with Crippen LogP contribution in [0.4, 0.5) is 4.39 Å². The number of hydrogen-bond acceptors (Lipinski definition) is 5. The third-order valence-corrected chi connectivity index (χ3v) is 4.79. The van der Waals surface area contributed by atoms with Crippen molar-refractivity contribution in [1.29, 1.82) is 0 Å². The molecule has 5 nitrogen and oxygen atoms in total. The van der Waals surface area contributed by atoms with E-state index in [1.165, 1.54) is 17.4 Å². The number of amides is 1. The van der Waals surface area contributed by atoms with Gasteiger partial charge in [0, 0.05) is 5.56 Å². The first-order valence-electron chi connectivity index (χ1n) is 8.26. The highest BCUT2D eigenvalue weighted by molar-refractivity contribution is 7.13. The highest BCUT2D eigenvalue weighted by atomic mass is 32.1. The van der Waals surface area contributed by atoms with Gasteiger partial charge in [-0.1, -0.05) is 18.2 Å². The fraction of sp³-hybridized carbons (Fsp3) is 0.150. The minimum Gasteiger partial charge on any atom is -0.489 e. The zero-order chi connectivity index (χ0) is 19.2. The van der Waals surface area contributed by atoms with Gasteiger partial charge >= 0.3 is 0 Å². The Hall–Kier alpha value is -3.06. The first kappa shape index (κ1) is 18.7. The SMILES string of the molecule is Cc1nc(C)c(C(=O)N/N=C/c2ccc(OCc3ccccc3F)cc2)s1. The van der Waals surface area contributed by atoms with Crippen LogP contribution in [0.15, 0.2) is 53.6 Å². The summed E-state index contributed by atoms with van der Waals surface area (Å²) in [6, 6.07) is 13.6. The van der Waals surface area contributed by atoms with E-state index in [0.29, 0.717) is 21.9 Å². The molecule has 27 heavy (non-hydrogen) atoms. The molecule has 0 aliphatic rings. The van der Waals surface area contributed by atoms with E-state index in [4.69, 9.17) is 4.74 Å². The molecule has 3 aromatic rings. The molecule has 7 heteroatoms. The fourth-order valence-corrected chi connectivity index (χ4v) is 3.19. The first-order valence-corrected chi connectivity index (χ1v) is 9.08. The number of thiazole rings is 1. The van der Waals surface area contributed by atoms with E-state index in [9.17, 15) is 9.18 Å². The van der Waals surface area contributed by atoms with Gasteiger partial charge in [0.2, 0.25) is 0 Å². The van der Waals surface area contributed by atoms with Gasteiger partial charge in [-0.3, -0.25) is 4.79 Å². The van der Waals surface area contributed by atoms with E-state index >= 15 is 0 Å². The molecule has 0 aliphatic carbocycles. The number of halogens is 1. The van der Waals surface area contributed by atoms with E-state index in [-0.39, 0.29) is 18.3 Å². The number of hydrogen-bond donors (Lipinski definition) is 1. The molecule has 3 rings (SSSR count). The Bertz CT molecular complexity index is 968. The van der Waals surface area contributed by atoms with Crippen LogP contribution in [0.1, 0.15) is 31.5 Å². The second kappa shape index (κ2) is 8.55. The third-order valence-electron chi connectivity index (χ3n) is 3.72. The fourth-order valence-electron chi connectivity index (χ4n) is 2.38. The Labute approximate surface area is 160 Å². The molecule has 0 fully saturated rings. The number of rotatable bonds is 6. The summed E-state index contributed by atoms with van der Waals surface area (Å²) in [6.45, 7) is 3.81. The lowest BCUT2D eigenvalue weighted by molar-refractivity contribution is 0.0958. The number of nitrogens with one attached hydrogen (secondary N) is 1. The van der Waals surface area contributed by atoms with Crippen molar-refractivity contribution in [2.75, 3.05) is 0 Å². The van der Waals surface area contributed by atoms with Crippen LogP contribution in [0.3, 0.4) is 0 Å². The first-order chi connectivity index (χ1) is 13.0. The molecule has 0 unspecified atom stereocenters. The van der Waals surface area contributed by atoms with Gasteiger partial charge in [0.15, 0.2) is 0 Å². The monoisotopic (exact) mass is 383 g/mol. The molecule has 0 aliphatic heterocycles. The molecule has 0 saturated heterocycles. The summed E-state index contributed by atoms with van der Waals surface area (Å²) in [5, 5.41) is 4.81. The molecule has 0 radical (unpaired) electrons. The van der Waals surface area contributed by atoms with E-state index < -0.39 is 0 Å². The lowest BCUT2D eigenvalue weighted by Crippen LogP contribution is -2.17. The number of ether oxygens (including phenoxy) is 1. The van der Waals surface area contributed by atoms with E-state index in [1.807, 2.05) is 6.92 Å². The maximum Gasteiger partial charge on any atom is 0.283 e. The molecule has 1 aromatic heterocycles. The number of aromatic nitrogens is 1. The van der Waals surface area contributed by atoms with Crippen LogP contribution in [0.2, 0.25) is 0 Å². The topological polar surface area (TPSA) is 63.6 Å². The summed E-state index contributed by atoms with van der Waals surface area (Å²) in [7, 11) is 0. The molecule has 1 heterocycles. The smallest absolute Gasteiger partial charge is 0.283 e. The number of carbonyl (C=O) groups excluding carboxylic acids is 1. The predicted octanol–water partition coefficient (Wildman–Crippen LogP) is 4.24. The average molecular weight is 383 g/mol. The molecule has 2 aromatic carbocycles. The van der Waals surface area contributed by atoms with Gasteiger partial charge in [-0.05, 0) is 49.7 Å². The Morgan fingerprint density at radius 1 is 1.22 bits per heavy atom. The second-order valence-electron chi connectivity index (χ2n) is 5.80. The Morgan fingerprint density at radius 3 is 2.63 bits per heavy atom. The molecular weight excluding hydrogens is 365 g/mol. The third kappa shape index (κ3) is 4.98. The van der Waals surface area contributed by atoms with Gasteiger partial charge in [-0.15, -0.1) is 11.3 Å². The van der Waals surface area contributed by atoms with Crippen molar-refractivity contribution in [1.82, 2.24) is 10.4 Å². The van der Waals surface area contributed by atoms with Gasteiger partial charge in [-0.2, -0.15) is 5.10 Å². The molecule has 0 bridgehead atoms. The van der Waals surface area contributed by atoms with Gasteiger partial charge < -0.3 is 4.74 Å². The van der Waals surface area contributed by atoms with Crippen molar-refractivity contribution in [2.24, 2.45) is 5.10 Å². The standard InChI is InChI=1S/C20H18FN3O2S/c1-13-19(27-14(2)23-13)20(25)24-22-11-15-7-9-17(10-8-15)26-12-16-5-3-4-6-18(16)21/h3-11H,12H2,1-2H3,(H,24,25)/b22-11+. The van der Waals surface area contributed by atoms with E-state index in [0.717, 1.165) is 10.6 Å². The van der Waals surface area contributed by atoms with Crippen LogP contribution in [-0.2, 0) is 6.61 Å². The summed E-state index contributed by atoms with van der Waals surface area (Å²) >= 11 is 1.33. The van der Waals surface area contributed by atoms with Crippen molar-refractivity contribution in [3.8, 4) is 5.75 Å². The normalized spacial score (nSPS) is 10.9. The zero-order valence-electron chi connectivity index (χ0n) is 14.9. The molecule has 1 N–H and O–H groups in total. The van der Waals surface area contributed by atoms with Crippen LogP contribution < -0.4 is 10.2 Å². The Morgan fingerprint density at radius 2 is 1.96 bits per heavy atom. The summed E-state index contributed by atoms with van der Waals surface area (Å²) in [5.41, 5.74) is 4.49. The lowest BCUT2D eigenvalue weighted by atomic mass is 10.2. The molecule has 0 spiro atoms. The minimum atomic E-state index is -0.289. The van der Waals surface area contributed by atoms with Crippen molar-refractivity contribution in [3.63, 3.8) is 0 Å². The Balaban J connectivity index is 1.54. The summed E-state index contributed by atoms with van der Waals surface area (Å²) in [6.07, 6.45) is 1.54. The highest BCUT2D eigenvalue weighted by Crippen LogP contribution is 2.17. The molecule has 138 valence electrons. The van der Waals surface area contributed by atoms with Gasteiger partial charge in [0.1, 0.15) is 23.1 Å². The number of carbonyl (C=O) groups is 1. The summed E-state index contributed by atoms with van der Waals surface area (Å²) in [4.78, 5) is 16.8. The van der Waals surface area contributed by atoms with Gasteiger partial charge in [0.05, 0.1) is 16.9 Å². The number of aryl methyl sites for hydroxylation is 2. The maximum atomic E-state index is 13.6. The van der Waals surface area contributed by atoms with Crippen LogP contribution in [0.5, 0.6) is 5.75 Å². The number of hydrazone groups is 1. The second-order valence-corrected chi connectivity index (χ2v) is 7.00. The largest absolute Gasteiger partial charge is 0.489 e. The van der Waals surface area contributed by atoms with Gasteiger partial charge in [-0.25, -0.2) is 14.8 Å². The number of nitrogens with zero attached hydrogens (tertiary/aromatic N) is 2. The highest BCUT2D eigenvalue weighted by Gasteiger charge is 2.12. The van der Waals surface area contributed by atoms with Crippen molar-refractivity contribution in [3.05, 3.63) is 81.1 Å². The van der Waals surface area contributed by atoms with Crippen LogP contribution in [0, 0.1) is 19.7 Å².